The van der Waals surface area contributed by atoms with Crippen LogP contribution in [0.15, 0.2) is 23.7 Å². The molecule has 104 valence electrons. The van der Waals surface area contributed by atoms with Gasteiger partial charge in [0.1, 0.15) is 0 Å². The lowest BCUT2D eigenvalue weighted by molar-refractivity contribution is -0.115. The maximum Gasteiger partial charge on any atom is 0.238 e. The molecule has 5 nitrogen and oxygen atoms in total. The van der Waals surface area contributed by atoms with Crippen LogP contribution in [0, 0.1) is 0 Å². The standard InChI is InChI=1S/C12H15N3O2S.ClH/c1-17-5-4-13-7-12(16)15-9-2-3-10-11(6-9)18-8-14-10;/h2-3,6,8,13H,4-5,7H2,1H3,(H,15,16);1H. The van der Waals surface area contributed by atoms with Gasteiger partial charge in [0.15, 0.2) is 0 Å². The first kappa shape index (κ1) is 15.8. The van der Waals surface area contributed by atoms with E-state index < -0.39 is 0 Å². The minimum Gasteiger partial charge on any atom is -0.383 e. The van der Waals surface area contributed by atoms with Crippen LogP contribution < -0.4 is 10.6 Å². The summed E-state index contributed by atoms with van der Waals surface area (Å²) >= 11 is 1.56. The van der Waals surface area contributed by atoms with Crippen LogP contribution in [0.1, 0.15) is 0 Å². The van der Waals surface area contributed by atoms with Gasteiger partial charge in [-0.05, 0) is 18.2 Å². The van der Waals surface area contributed by atoms with Gasteiger partial charge in [-0.2, -0.15) is 0 Å². The summed E-state index contributed by atoms with van der Waals surface area (Å²) in [7, 11) is 1.63. The summed E-state index contributed by atoms with van der Waals surface area (Å²) in [4.78, 5) is 15.8. The highest BCUT2D eigenvalue weighted by molar-refractivity contribution is 7.16. The minimum absolute atomic E-state index is 0. The maximum atomic E-state index is 11.6. The highest BCUT2D eigenvalue weighted by Crippen LogP contribution is 2.21. The molecule has 0 saturated carbocycles. The number of amides is 1. The Morgan fingerprint density at radius 3 is 3.11 bits per heavy atom. The first-order valence-electron chi connectivity index (χ1n) is 5.62. The Morgan fingerprint density at radius 1 is 1.47 bits per heavy atom. The number of rotatable bonds is 6. The normalized spacial score (nSPS) is 10.2. The van der Waals surface area contributed by atoms with Crippen molar-refractivity contribution in [2.24, 2.45) is 0 Å². The molecule has 0 unspecified atom stereocenters. The fourth-order valence-corrected chi connectivity index (χ4v) is 2.23. The zero-order chi connectivity index (χ0) is 12.8. The fraction of sp³-hybridized carbons (Fsp3) is 0.333. The van der Waals surface area contributed by atoms with E-state index in [1.54, 1.807) is 24.0 Å². The second-order valence-electron chi connectivity index (χ2n) is 3.75. The fourth-order valence-electron chi connectivity index (χ4n) is 1.51. The van der Waals surface area contributed by atoms with Gasteiger partial charge in [0.05, 0.1) is 28.9 Å². The van der Waals surface area contributed by atoms with Gasteiger partial charge in [0, 0.05) is 19.3 Å². The molecule has 1 aromatic heterocycles. The van der Waals surface area contributed by atoms with Crippen LogP contribution in [-0.4, -0.2) is 37.7 Å². The Bertz CT molecular complexity index is 532. The molecule has 1 amide bonds. The Labute approximate surface area is 121 Å². The van der Waals surface area contributed by atoms with Crippen LogP contribution in [0.5, 0.6) is 0 Å². The smallest absolute Gasteiger partial charge is 0.238 e. The summed E-state index contributed by atoms with van der Waals surface area (Å²) in [6.07, 6.45) is 0. The summed E-state index contributed by atoms with van der Waals surface area (Å²) in [5.74, 6) is -0.0602. The van der Waals surface area contributed by atoms with E-state index in [2.05, 4.69) is 15.6 Å². The molecule has 1 heterocycles. The molecule has 0 aliphatic heterocycles. The molecule has 0 spiro atoms. The Hall–Kier alpha value is -1.21. The number of ether oxygens (including phenoxy) is 1. The van der Waals surface area contributed by atoms with Crippen LogP contribution >= 0.6 is 23.7 Å². The molecule has 0 aliphatic carbocycles. The van der Waals surface area contributed by atoms with Crippen molar-refractivity contribution in [3.8, 4) is 0 Å². The molecule has 19 heavy (non-hydrogen) atoms. The average Bonchev–Trinajstić information content (AvgIpc) is 2.82. The van der Waals surface area contributed by atoms with Crippen molar-refractivity contribution in [1.29, 1.82) is 0 Å². The van der Waals surface area contributed by atoms with E-state index in [4.69, 9.17) is 4.74 Å². The summed E-state index contributed by atoms with van der Waals surface area (Å²) in [6, 6.07) is 5.69. The van der Waals surface area contributed by atoms with Gasteiger partial charge in [0.2, 0.25) is 5.91 Å². The highest BCUT2D eigenvalue weighted by atomic mass is 35.5. The number of fused-ring (bicyclic) bond motifs is 1. The van der Waals surface area contributed by atoms with Gasteiger partial charge in [0.25, 0.3) is 0 Å². The van der Waals surface area contributed by atoms with E-state index in [9.17, 15) is 4.79 Å². The molecule has 0 fully saturated rings. The molecule has 2 aromatic rings. The van der Waals surface area contributed by atoms with E-state index in [0.29, 0.717) is 13.2 Å². The number of hydrogen-bond donors (Lipinski definition) is 2. The van der Waals surface area contributed by atoms with Gasteiger partial charge in [-0.15, -0.1) is 23.7 Å². The molecular weight excluding hydrogens is 286 g/mol. The molecule has 0 saturated heterocycles. The Kier molecular flexibility index (Phi) is 6.72. The third kappa shape index (κ3) is 4.76. The Balaban J connectivity index is 0.00000180. The first-order valence-corrected chi connectivity index (χ1v) is 6.50. The molecule has 0 radical (unpaired) electrons. The van der Waals surface area contributed by atoms with Gasteiger partial charge in [-0.25, -0.2) is 4.98 Å². The van der Waals surface area contributed by atoms with Crippen LogP contribution in [-0.2, 0) is 9.53 Å². The van der Waals surface area contributed by atoms with Gasteiger partial charge < -0.3 is 15.4 Å². The van der Waals surface area contributed by atoms with E-state index in [-0.39, 0.29) is 24.9 Å². The van der Waals surface area contributed by atoms with Gasteiger partial charge >= 0.3 is 0 Å². The minimum atomic E-state index is -0.0602. The number of benzene rings is 1. The summed E-state index contributed by atoms with van der Waals surface area (Å²) in [6.45, 7) is 1.54. The number of hydrogen-bond acceptors (Lipinski definition) is 5. The third-order valence-electron chi connectivity index (χ3n) is 2.38. The zero-order valence-corrected chi connectivity index (χ0v) is 12.1. The number of anilines is 1. The molecule has 2 N–H and O–H groups in total. The lowest BCUT2D eigenvalue weighted by Gasteiger charge is -2.06. The van der Waals surface area contributed by atoms with Crippen LogP contribution in [0.25, 0.3) is 10.2 Å². The van der Waals surface area contributed by atoms with E-state index >= 15 is 0 Å². The van der Waals surface area contributed by atoms with Crippen molar-refractivity contribution in [2.75, 3.05) is 32.1 Å². The van der Waals surface area contributed by atoms with Crippen molar-refractivity contribution in [2.45, 2.75) is 0 Å². The molecule has 7 heteroatoms. The second-order valence-corrected chi connectivity index (χ2v) is 4.64. The van der Waals surface area contributed by atoms with Crippen LogP contribution in [0.3, 0.4) is 0 Å². The lowest BCUT2D eigenvalue weighted by Crippen LogP contribution is -2.30. The molecule has 0 bridgehead atoms. The number of aromatic nitrogens is 1. The van der Waals surface area contributed by atoms with Gasteiger partial charge in [-0.1, -0.05) is 0 Å². The van der Waals surface area contributed by atoms with Gasteiger partial charge in [-0.3, -0.25) is 4.79 Å². The summed E-state index contributed by atoms with van der Waals surface area (Å²) in [5.41, 5.74) is 3.55. The van der Waals surface area contributed by atoms with E-state index in [1.165, 1.54) is 0 Å². The summed E-state index contributed by atoms with van der Waals surface area (Å²) < 4.78 is 5.95. The Morgan fingerprint density at radius 2 is 2.32 bits per heavy atom. The van der Waals surface area contributed by atoms with Crippen LogP contribution in [0.4, 0.5) is 5.69 Å². The number of carbonyl (C=O) groups is 1. The topological polar surface area (TPSA) is 63.2 Å². The number of nitrogens with one attached hydrogen (secondary N) is 2. The van der Waals surface area contributed by atoms with E-state index in [1.807, 2.05) is 18.2 Å². The number of methoxy groups -OCH3 is 1. The molecule has 1 aromatic carbocycles. The molecule has 0 aliphatic rings. The monoisotopic (exact) mass is 301 g/mol. The predicted octanol–water partition coefficient (Wildman–Crippen LogP) is 1.89. The lowest BCUT2D eigenvalue weighted by atomic mass is 10.3. The van der Waals surface area contributed by atoms with Crippen molar-refractivity contribution in [3.63, 3.8) is 0 Å². The number of carbonyl (C=O) groups excluding carboxylic acids is 1. The second kappa shape index (κ2) is 8.06. The third-order valence-corrected chi connectivity index (χ3v) is 3.18. The summed E-state index contributed by atoms with van der Waals surface area (Å²) in [5, 5.41) is 5.83. The van der Waals surface area contributed by atoms with Crippen molar-refractivity contribution < 1.29 is 9.53 Å². The van der Waals surface area contributed by atoms with Crippen molar-refractivity contribution >= 4 is 45.6 Å². The zero-order valence-electron chi connectivity index (χ0n) is 10.5. The largest absolute Gasteiger partial charge is 0.383 e. The van der Waals surface area contributed by atoms with E-state index in [0.717, 1.165) is 15.9 Å². The number of nitrogens with zero attached hydrogens (tertiary/aromatic N) is 1. The number of thiazole rings is 1. The quantitative estimate of drug-likeness (QED) is 0.800. The van der Waals surface area contributed by atoms with Crippen LogP contribution in [0.2, 0.25) is 0 Å². The molecular formula is C12H16ClN3O2S. The van der Waals surface area contributed by atoms with Crippen molar-refractivity contribution in [3.05, 3.63) is 23.7 Å². The highest BCUT2D eigenvalue weighted by Gasteiger charge is 2.03. The molecule has 0 atom stereocenters. The predicted molar refractivity (Wildman–Crippen MR) is 80.2 cm³/mol. The maximum absolute atomic E-state index is 11.6. The van der Waals surface area contributed by atoms with Crippen molar-refractivity contribution in [1.82, 2.24) is 10.3 Å². The SMILES string of the molecule is COCCNCC(=O)Nc1ccc2ncsc2c1.Cl. The number of halogens is 1. The average molecular weight is 302 g/mol. The molecule has 2 rings (SSSR count). The first-order chi connectivity index (χ1) is 8.79.